The van der Waals surface area contributed by atoms with Gasteiger partial charge in [0, 0.05) is 26.7 Å². The van der Waals surface area contributed by atoms with E-state index >= 15 is 0 Å². The number of unbranched alkanes of at least 4 members (excludes halogenated alkanes) is 1. The normalized spacial score (nSPS) is 11.3. The summed E-state index contributed by atoms with van der Waals surface area (Å²) in [6, 6.07) is 0. The van der Waals surface area contributed by atoms with Crippen molar-refractivity contribution in [3.05, 3.63) is 0 Å². The van der Waals surface area contributed by atoms with E-state index in [1.54, 1.807) is 7.11 Å². The van der Waals surface area contributed by atoms with E-state index in [0.29, 0.717) is 6.61 Å². The van der Waals surface area contributed by atoms with Crippen LogP contribution in [0.25, 0.3) is 0 Å². The van der Waals surface area contributed by atoms with Crippen LogP contribution in [0.3, 0.4) is 0 Å². The van der Waals surface area contributed by atoms with Gasteiger partial charge in [-0.2, -0.15) is 0 Å². The summed E-state index contributed by atoms with van der Waals surface area (Å²) in [6.07, 6.45) is 2.35. The zero-order chi connectivity index (χ0) is 14.3. The lowest BCUT2D eigenvalue weighted by atomic mass is 10.3. The Kier molecular flexibility index (Phi) is 18.8. The lowest BCUT2D eigenvalue weighted by Gasteiger charge is -2.17. The first-order chi connectivity index (χ1) is 9.28. The summed E-state index contributed by atoms with van der Waals surface area (Å²) in [5.74, 6) is 0.891. The third-order valence-electron chi connectivity index (χ3n) is 2.99. The molecule has 0 aromatic carbocycles. The van der Waals surface area contributed by atoms with Gasteiger partial charge in [-0.05, 0) is 39.4 Å². The number of hydrogen-bond donors (Lipinski definition) is 2. The predicted octanol–water partition coefficient (Wildman–Crippen LogP) is 1.93. The molecular formula is C14H33IN4O. The molecule has 0 fully saturated rings. The minimum Gasteiger partial charge on any atom is -0.383 e. The van der Waals surface area contributed by atoms with Gasteiger partial charge in [0.2, 0.25) is 0 Å². The van der Waals surface area contributed by atoms with Gasteiger partial charge in [0.05, 0.1) is 6.61 Å². The molecule has 0 unspecified atom stereocenters. The quantitative estimate of drug-likeness (QED) is 0.241. The maximum atomic E-state index is 5.01. The largest absolute Gasteiger partial charge is 0.383 e. The summed E-state index contributed by atoms with van der Waals surface area (Å²) in [7, 11) is 1.71. The fourth-order valence-corrected chi connectivity index (χ4v) is 1.79. The van der Waals surface area contributed by atoms with Gasteiger partial charge in [0.25, 0.3) is 0 Å². The van der Waals surface area contributed by atoms with Gasteiger partial charge >= 0.3 is 0 Å². The molecule has 0 atom stereocenters. The zero-order valence-electron chi connectivity index (χ0n) is 13.6. The van der Waals surface area contributed by atoms with Crippen LogP contribution < -0.4 is 10.6 Å². The number of methoxy groups -OCH3 is 1. The number of aliphatic imine (C=N–C) groups is 1. The molecule has 0 aromatic heterocycles. The van der Waals surface area contributed by atoms with Gasteiger partial charge < -0.3 is 20.3 Å². The van der Waals surface area contributed by atoms with Crippen LogP contribution in [0.1, 0.15) is 33.6 Å². The number of guanidine groups is 1. The Bertz CT molecular complexity index is 223. The third-order valence-corrected chi connectivity index (χ3v) is 2.99. The van der Waals surface area contributed by atoms with Crippen molar-refractivity contribution in [3.63, 3.8) is 0 Å². The second kappa shape index (κ2) is 17.0. The molecule has 0 aliphatic heterocycles. The fourth-order valence-electron chi connectivity index (χ4n) is 1.79. The minimum absolute atomic E-state index is 0. The summed E-state index contributed by atoms with van der Waals surface area (Å²) < 4.78 is 5.01. The summed E-state index contributed by atoms with van der Waals surface area (Å²) in [4.78, 5) is 7.00. The van der Waals surface area contributed by atoms with Crippen LogP contribution in [-0.2, 0) is 4.74 Å². The highest BCUT2D eigenvalue weighted by Crippen LogP contribution is 1.95. The second-order valence-electron chi connectivity index (χ2n) is 4.41. The van der Waals surface area contributed by atoms with Crippen LogP contribution in [0.2, 0.25) is 0 Å². The van der Waals surface area contributed by atoms with E-state index in [2.05, 4.69) is 41.3 Å². The predicted molar refractivity (Wildman–Crippen MR) is 98.3 cm³/mol. The molecule has 0 heterocycles. The molecule has 0 bridgehead atoms. The lowest BCUT2D eigenvalue weighted by molar-refractivity contribution is 0.203. The van der Waals surface area contributed by atoms with Gasteiger partial charge in [-0.3, -0.25) is 4.99 Å². The highest BCUT2D eigenvalue weighted by molar-refractivity contribution is 14.0. The van der Waals surface area contributed by atoms with Crippen molar-refractivity contribution in [1.29, 1.82) is 0 Å². The molecule has 20 heavy (non-hydrogen) atoms. The van der Waals surface area contributed by atoms with Gasteiger partial charge in [-0.15, -0.1) is 24.0 Å². The van der Waals surface area contributed by atoms with Crippen molar-refractivity contribution < 1.29 is 4.74 Å². The second-order valence-corrected chi connectivity index (χ2v) is 4.41. The molecule has 0 aliphatic rings. The van der Waals surface area contributed by atoms with Crippen LogP contribution in [-0.4, -0.2) is 63.8 Å². The van der Waals surface area contributed by atoms with Crippen LogP contribution in [0, 0.1) is 0 Å². The van der Waals surface area contributed by atoms with E-state index in [-0.39, 0.29) is 24.0 Å². The number of ether oxygens (including phenoxy) is 1. The smallest absolute Gasteiger partial charge is 0.191 e. The van der Waals surface area contributed by atoms with Crippen molar-refractivity contribution in [3.8, 4) is 0 Å². The topological polar surface area (TPSA) is 48.9 Å². The lowest BCUT2D eigenvalue weighted by Crippen LogP contribution is -2.39. The van der Waals surface area contributed by atoms with Crippen molar-refractivity contribution in [2.75, 3.05) is 53.0 Å². The van der Waals surface area contributed by atoms with E-state index in [1.807, 2.05) is 0 Å². The molecule has 0 radical (unpaired) electrons. The van der Waals surface area contributed by atoms with E-state index in [1.165, 1.54) is 13.0 Å². The molecule has 122 valence electrons. The minimum atomic E-state index is 0. The molecule has 6 heteroatoms. The van der Waals surface area contributed by atoms with Crippen molar-refractivity contribution in [2.45, 2.75) is 33.6 Å². The molecule has 0 amide bonds. The fraction of sp³-hybridized carbons (Fsp3) is 0.929. The first kappa shape index (κ1) is 22.2. The Morgan fingerprint density at radius 3 is 2.35 bits per heavy atom. The van der Waals surface area contributed by atoms with Crippen LogP contribution in [0.15, 0.2) is 4.99 Å². The Hall–Kier alpha value is -0.0800. The summed E-state index contributed by atoms with van der Waals surface area (Å²) in [5, 5.41) is 6.48. The number of nitrogens with zero attached hydrogens (tertiary/aromatic N) is 2. The van der Waals surface area contributed by atoms with E-state index in [4.69, 9.17) is 4.74 Å². The summed E-state index contributed by atoms with van der Waals surface area (Å²) in [5.41, 5.74) is 0. The Morgan fingerprint density at radius 1 is 1.10 bits per heavy atom. The maximum Gasteiger partial charge on any atom is 0.191 e. The summed E-state index contributed by atoms with van der Waals surface area (Å²) in [6.45, 7) is 13.2. The molecule has 0 aromatic rings. The van der Waals surface area contributed by atoms with Gasteiger partial charge in [-0.1, -0.05) is 13.8 Å². The molecule has 0 aliphatic carbocycles. The SMILES string of the molecule is CCNC(=NCCCCN(CC)CC)NCCOC.I. The van der Waals surface area contributed by atoms with Crippen LogP contribution in [0.4, 0.5) is 0 Å². The third kappa shape index (κ3) is 12.9. The van der Waals surface area contributed by atoms with Gasteiger partial charge in [0.15, 0.2) is 5.96 Å². The van der Waals surface area contributed by atoms with Crippen LogP contribution in [0.5, 0.6) is 0 Å². The van der Waals surface area contributed by atoms with Crippen molar-refractivity contribution in [2.24, 2.45) is 4.99 Å². The average molecular weight is 400 g/mol. The first-order valence-corrected chi connectivity index (χ1v) is 7.51. The van der Waals surface area contributed by atoms with E-state index < -0.39 is 0 Å². The Balaban J connectivity index is 0. The number of hydrogen-bond acceptors (Lipinski definition) is 3. The Labute approximate surface area is 141 Å². The highest BCUT2D eigenvalue weighted by Gasteiger charge is 1.99. The molecule has 0 saturated heterocycles. The molecular weight excluding hydrogens is 367 g/mol. The maximum absolute atomic E-state index is 5.01. The number of rotatable bonds is 11. The van der Waals surface area contributed by atoms with Crippen molar-refractivity contribution >= 4 is 29.9 Å². The Morgan fingerprint density at radius 2 is 1.80 bits per heavy atom. The monoisotopic (exact) mass is 400 g/mol. The number of nitrogens with one attached hydrogen (secondary N) is 2. The zero-order valence-corrected chi connectivity index (χ0v) is 15.9. The number of halogens is 1. The standard InChI is InChI=1S/C14H32N4O.HI/c1-5-15-14(17-11-13-19-4)16-10-8-9-12-18(6-2)7-3;/h5-13H2,1-4H3,(H2,15,16,17);1H. The van der Waals surface area contributed by atoms with E-state index in [0.717, 1.165) is 45.1 Å². The van der Waals surface area contributed by atoms with E-state index in [9.17, 15) is 0 Å². The molecule has 0 rings (SSSR count). The van der Waals surface area contributed by atoms with Gasteiger partial charge in [0.1, 0.15) is 0 Å². The average Bonchev–Trinajstić information content (AvgIpc) is 2.43. The molecule has 0 saturated carbocycles. The summed E-state index contributed by atoms with van der Waals surface area (Å²) >= 11 is 0. The van der Waals surface area contributed by atoms with Gasteiger partial charge in [-0.25, -0.2) is 0 Å². The highest BCUT2D eigenvalue weighted by atomic mass is 127. The first-order valence-electron chi connectivity index (χ1n) is 7.51. The molecule has 5 nitrogen and oxygen atoms in total. The van der Waals surface area contributed by atoms with Crippen molar-refractivity contribution in [1.82, 2.24) is 15.5 Å². The molecule has 2 N–H and O–H groups in total. The van der Waals surface area contributed by atoms with Crippen LogP contribution >= 0.6 is 24.0 Å². The molecule has 0 spiro atoms.